The number of aromatic nitrogens is 1. The number of para-hydroxylation sites is 1. The van der Waals surface area contributed by atoms with Gasteiger partial charge >= 0.3 is 0 Å². The van der Waals surface area contributed by atoms with Crippen molar-refractivity contribution >= 4 is 54.4 Å². The number of aryl methyl sites for hydroxylation is 1. The molecule has 4 aromatic rings. The Morgan fingerprint density at radius 3 is 2.89 bits per heavy atom. The summed E-state index contributed by atoms with van der Waals surface area (Å²) in [6.07, 6.45) is 2.10. The quantitative estimate of drug-likeness (QED) is 0.460. The Bertz CT molecular complexity index is 1300. The van der Waals surface area contributed by atoms with Crippen LogP contribution in [0.2, 0.25) is 0 Å². The van der Waals surface area contributed by atoms with E-state index in [0.717, 1.165) is 27.7 Å². The Kier molecular flexibility index (Phi) is 4.80. The lowest BCUT2D eigenvalue weighted by Crippen LogP contribution is -2.20. The highest BCUT2D eigenvalue weighted by molar-refractivity contribution is 9.10. The van der Waals surface area contributed by atoms with Gasteiger partial charge in [-0.3, -0.25) is 9.59 Å². The van der Waals surface area contributed by atoms with Gasteiger partial charge < -0.3 is 8.98 Å². The van der Waals surface area contributed by atoms with Crippen LogP contribution < -0.4 is 10.2 Å². The third kappa shape index (κ3) is 3.28. The van der Waals surface area contributed by atoms with E-state index in [1.165, 1.54) is 17.6 Å². The van der Waals surface area contributed by atoms with Gasteiger partial charge in [-0.2, -0.15) is 4.99 Å². The van der Waals surface area contributed by atoms with E-state index in [9.17, 15) is 9.59 Å². The first-order valence-corrected chi connectivity index (χ1v) is 10.1. The second kappa shape index (κ2) is 7.25. The maximum Gasteiger partial charge on any atom is 0.286 e. The molecule has 0 N–H and O–H groups in total. The molecule has 0 fully saturated rings. The molecule has 0 aliphatic rings. The molecule has 0 bridgehead atoms. The molecule has 2 heterocycles. The SMILES string of the molecule is CCCn1c(=NC(=O)c2coc3ccccc3c2=O)sc2cc(Br)ccc21. The molecule has 0 radical (unpaired) electrons. The Labute approximate surface area is 166 Å². The van der Waals surface area contributed by atoms with Crippen molar-refractivity contribution in [3.63, 3.8) is 0 Å². The summed E-state index contributed by atoms with van der Waals surface area (Å²) >= 11 is 4.89. The molecule has 0 aliphatic carbocycles. The minimum absolute atomic E-state index is 0.0598. The Hall–Kier alpha value is -2.51. The predicted octanol–water partition coefficient (Wildman–Crippen LogP) is 4.72. The van der Waals surface area contributed by atoms with Crippen LogP contribution in [0.1, 0.15) is 23.7 Å². The number of nitrogens with zero attached hydrogens (tertiary/aromatic N) is 2. The number of fused-ring (bicyclic) bond motifs is 2. The zero-order chi connectivity index (χ0) is 19.0. The number of hydrogen-bond acceptors (Lipinski definition) is 4. The minimum atomic E-state index is -0.593. The highest BCUT2D eigenvalue weighted by Crippen LogP contribution is 2.22. The van der Waals surface area contributed by atoms with Gasteiger partial charge in [-0.25, -0.2) is 0 Å². The fourth-order valence-corrected chi connectivity index (χ4v) is 4.55. The van der Waals surface area contributed by atoms with E-state index in [4.69, 9.17) is 4.42 Å². The third-order valence-electron chi connectivity index (χ3n) is 4.20. The summed E-state index contributed by atoms with van der Waals surface area (Å²) in [7, 11) is 0. The first kappa shape index (κ1) is 17.9. The van der Waals surface area contributed by atoms with Crippen LogP contribution in [0.25, 0.3) is 21.2 Å². The molecule has 2 aromatic heterocycles. The van der Waals surface area contributed by atoms with Crippen LogP contribution in [0.5, 0.6) is 0 Å². The average molecular weight is 443 g/mol. The standard InChI is InChI=1S/C20H15BrN2O3S/c1-2-9-23-15-8-7-12(21)10-17(15)27-20(23)22-19(25)14-11-26-16-6-4-3-5-13(16)18(14)24/h3-8,10-11H,2,9H2,1H3. The molecule has 0 spiro atoms. The summed E-state index contributed by atoms with van der Waals surface area (Å²) < 4.78 is 9.44. The zero-order valence-electron chi connectivity index (χ0n) is 14.4. The lowest BCUT2D eigenvalue weighted by Gasteiger charge is -2.02. The first-order chi connectivity index (χ1) is 13.1. The third-order valence-corrected chi connectivity index (χ3v) is 5.73. The van der Waals surface area contributed by atoms with E-state index in [1.54, 1.807) is 24.3 Å². The summed E-state index contributed by atoms with van der Waals surface area (Å²) in [5.74, 6) is -0.593. The molecular weight excluding hydrogens is 428 g/mol. The van der Waals surface area contributed by atoms with Gasteiger partial charge in [0.05, 0.1) is 15.6 Å². The van der Waals surface area contributed by atoms with Gasteiger partial charge in [0.15, 0.2) is 4.80 Å². The van der Waals surface area contributed by atoms with E-state index in [2.05, 4.69) is 27.8 Å². The molecule has 5 nitrogen and oxygen atoms in total. The van der Waals surface area contributed by atoms with Gasteiger partial charge in [-0.1, -0.05) is 46.3 Å². The number of halogens is 1. The van der Waals surface area contributed by atoms with Crippen molar-refractivity contribution in [2.75, 3.05) is 0 Å². The molecule has 0 atom stereocenters. The van der Waals surface area contributed by atoms with Crippen LogP contribution in [0.3, 0.4) is 0 Å². The van der Waals surface area contributed by atoms with Crippen LogP contribution in [0.15, 0.2) is 67.4 Å². The molecule has 0 unspecified atom stereocenters. The maximum atomic E-state index is 12.7. The topological polar surface area (TPSA) is 64.6 Å². The van der Waals surface area contributed by atoms with Crippen molar-refractivity contribution in [1.82, 2.24) is 4.57 Å². The lowest BCUT2D eigenvalue weighted by atomic mass is 10.2. The number of rotatable bonds is 3. The number of hydrogen-bond donors (Lipinski definition) is 0. The van der Waals surface area contributed by atoms with E-state index >= 15 is 0 Å². The van der Waals surface area contributed by atoms with Crippen molar-refractivity contribution in [2.24, 2.45) is 4.99 Å². The maximum absolute atomic E-state index is 12.7. The molecule has 7 heteroatoms. The lowest BCUT2D eigenvalue weighted by molar-refractivity contribution is 0.0995. The fourth-order valence-electron chi connectivity index (χ4n) is 2.94. The summed E-state index contributed by atoms with van der Waals surface area (Å²) in [5.41, 5.74) is 1.04. The minimum Gasteiger partial charge on any atom is -0.463 e. The van der Waals surface area contributed by atoms with Gasteiger partial charge in [0, 0.05) is 11.0 Å². The highest BCUT2D eigenvalue weighted by Gasteiger charge is 2.15. The van der Waals surface area contributed by atoms with Crippen LogP contribution in [-0.4, -0.2) is 10.5 Å². The van der Waals surface area contributed by atoms with E-state index in [1.807, 2.05) is 22.8 Å². The van der Waals surface area contributed by atoms with Crippen molar-refractivity contribution in [2.45, 2.75) is 19.9 Å². The van der Waals surface area contributed by atoms with Crippen LogP contribution in [-0.2, 0) is 6.54 Å². The van der Waals surface area contributed by atoms with Gasteiger partial charge in [-0.15, -0.1) is 0 Å². The number of carbonyl (C=O) groups excluding carboxylic acids is 1. The van der Waals surface area contributed by atoms with Crippen LogP contribution in [0, 0.1) is 0 Å². The molecule has 4 rings (SSSR count). The Morgan fingerprint density at radius 1 is 1.26 bits per heavy atom. The molecule has 136 valence electrons. The van der Waals surface area contributed by atoms with Crippen molar-refractivity contribution < 1.29 is 9.21 Å². The molecule has 1 amide bonds. The molecule has 0 aliphatic heterocycles. The van der Waals surface area contributed by atoms with Crippen molar-refractivity contribution in [3.05, 3.63) is 73.8 Å². The molecule has 27 heavy (non-hydrogen) atoms. The fraction of sp³-hybridized carbons (Fsp3) is 0.150. The van der Waals surface area contributed by atoms with Crippen molar-refractivity contribution in [3.8, 4) is 0 Å². The smallest absolute Gasteiger partial charge is 0.286 e. The highest BCUT2D eigenvalue weighted by atomic mass is 79.9. The Morgan fingerprint density at radius 2 is 2.07 bits per heavy atom. The first-order valence-electron chi connectivity index (χ1n) is 8.47. The van der Waals surface area contributed by atoms with Crippen LogP contribution >= 0.6 is 27.3 Å². The van der Waals surface area contributed by atoms with E-state index < -0.39 is 5.91 Å². The largest absolute Gasteiger partial charge is 0.463 e. The number of carbonyl (C=O) groups is 1. The monoisotopic (exact) mass is 442 g/mol. The van der Waals surface area contributed by atoms with E-state index in [0.29, 0.717) is 15.8 Å². The predicted molar refractivity (Wildman–Crippen MR) is 110 cm³/mol. The normalized spacial score (nSPS) is 12.1. The zero-order valence-corrected chi connectivity index (χ0v) is 16.8. The summed E-state index contributed by atoms with van der Waals surface area (Å²) in [6.45, 7) is 2.80. The number of benzene rings is 2. The number of amides is 1. The van der Waals surface area contributed by atoms with Crippen LogP contribution in [0.4, 0.5) is 0 Å². The second-order valence-corrected chi connectivity index (χ2v) is 7.96. The van der Waals surface area contributed by atoms with Crippen molar-refractivity contribution in [1.29, 1.82) is 0 Å². The summed E-state index contributed by atoms with van der Waals surface area (Å²) in [6, 6.07) is 12.8. The summed E-state index contributed by atoms with van der Waals surface area (Å²) in [5, 5.41) is 0.375. The van der Waals surface area contributed by atoms with Gasteiger partial charge in [0.25, 0.3) is 5.91 Å². The van der Waals surface area contributed by atoms with Gasteiger partial charge in [0.1, 0.15) is 17.4 Å². The second-order valence-electron chi connectivity index (χ2n) is 6.04. The molecule has 0 saturated carbocycles. The molecule has 0 saturated heterocycles. The molecular formula is C20H15BrN2O3S. The van der Waals surface area contributed by atoms with E-state index in [-0.39, 0.29) is 11.0 Å². The average Bonchev–Trinajstić information content (AvgIpc) is 2.98. The summed E-state index contributed by atoms with van der Waals surface area (Å²) in [4.78, 5) is 30.2. The number of thiazole rings is 1. The van der Waals surface area contributed by atoms with Gasteiger partial charge in [-0.05, 0) is 36.8 Å². The Balaban J connectivity index is 1.88. The van der Waals surface area contributed by atoms with Gasteiger partial charge in [0.2, 0.25) is 5.43 Å². The molecule has 2 aromatic carbocycles.